The van der Waals surface area contributed by atoms with E-state index in [0.29, 0.717) is 29.3 Å². The van der Waals surface area contributed by atoms with Gasteiger partial charge in [0.2, 0.25) is 6.29 Å². The van der Waals surface area contributed by atoms with Crippen LogP contribution < -0.4 is 10.5 Å². The predicted molar refractivity (Wildman–Crippen MR) is 60.4 cm³/mol. The molecule has 1 unspecified atom stereocenters. The molecule has 4 nitrogen and oxygen atoms in total. The Bertz CT molecular complexity index is 402. The summed E-state index contributed by atoms with van der Waals surface area (Å²) in [4.78, 5) is 11.1. The molecule has 5 heteroatoms. The van der Waals surface area contributed by atoms with Gasteiger partial charge < -0.3 is 15.2 Å². The second kappa shape index (κ2) is 4.22. The molecule has 0 aromatic heterocycles. The Morgan fingerprint density at radius 1 is 1.69 bits per heavy atom. The Balaban J connectivity index is 2.12. The van der Waals surface area contributed by atoms with Crippen molar-refractivity contribution >= 4 is 23.3 Å². The van der Waals surface area contributed by atoms with Crippen LogP contribution in [0.1, 0.15) is 18.9 Å². The van der Waals surface area contributed by atoms with Crippen molar-refractivity contribution in [2.24, 2.45) is 0 Å². The Kier molecular flexibility index (Phi) is 2.92. The zero-order valence-electron chi connectivity index (χ0n) is 8.83. The summed E-state index contributed by atoms with van der Waals surface area (Å²) in [5.74, 6) is 0.352. The molecule has 0 bridgehead atoms. The number of fused-ring (bicyclic) bond motifs is 1. The third kappa shape index (κ3) is 2.07. The molecule has 2 N–H and O–H groups in total. The number of benzene rings is 1. The predicted octanol–water partition coefficient (Wildman–Crippen LogP) is 2.14. The van der Waals surface area contributed by atoms with Gasteiger partial charge in [-0.25, -0.2) is 0 Å². The Labute approximate surface area is 98.3 Å². The summed E-state index contributed by atoms with van der Waals surface area (Å²) in [5.41, 5.74) is 7.09. The van der Waals surface area contributed by atoms with Crippen molar-refractivity contribution in [1.82, 2.24) is 0 Å². The monoisotopic (exact) mass is 241 g/mol. The van der Waals surface area contributed by atoms with Crippen LogP contribution in [-0.2, 0) is 16.0 Å². The lowest BCUT2D eigenvalue weighted by Gasteiger charge is -2.10. The minimum Gasteiger partial charge on any atom is -0.454 e. The first kappa shape index (κ1) is 11.1. The summed E-state index contributed by atoms with van der Waals surface area (Å²) in [5, 5.41) is 0.446. The average Bonchev–Trinajstić information content (AvgIpc) is 2.60. The van der Waals surface area contributed by atoms with E-state index >= 15 is 0 Å². The van der Waals surface area contributed by atoms with Crippen molar-refractivity contribution in [3.63, 3.8) is 0 Å². The van der Waals surface area contributed by atoms with Crippen molar-refractivity contribution < 1.29 is 14.3 Å². The quantitative estimate of drug-likeness (QED) is 0.637. The maximum absolute atomic E-state index is 11.1. The number of nitrogen functional groups attached to an aromatic ring is 1. The van der Waals surface area contributed by atoms with Crippen molar-refractivity contribution in [3.05, 3.63) is 22.7 Å². The number of anilines is 1. The van der Waals surface area contributed by atoms with Gasteiger partial charge in [0.15, 0.2) is 0 Å². The fourth-order valence-electron chi connectivity index (χ4n) is 1.55. The molecule has 16 heavy (non-hydrogen) atoms. The fraction of sp³-hybridized carbons (Fsp3) is 0.364. The highest BCUT2D eigenvalue weighted by Gasteiger charge is 2.26. The van der Waals surface area contributed by atoms with Gasteiger partial charge in [-0.1, -0.05) is 18.5 Å². The minimum atomic E-state index is -0.555. The van der Waals surface area contributed by atoms with E-state index in [1.807, 2.05) is 0 Å². The van der Waals surface area contributed by atoms with E-state index in [1.54, 1.807) is 19.1 Å². The maximum atomic E-state index is 11.1. The first-order valence-electron chi connectivity index (χ1n) is 5.04. The molecule has 1 aromatic carbocycles. The molecule has 2 rings (SSSR count). The lowest BCUT2D eigenvalue weighted by molar-refractivity contribution is -0.160. The van der Waals surface area contributed by atoms with Crippen LogP contribution in [0.15, 0.2) is 12.1 Å². The van der Waals surface area contributed by atoms with E-state index in [4.69, 9.17) is 26.8 Å². The molecule has 1 heterocycles. The largest absolute Gasteiger partial charge is 0.454 e. The molecule has 1 aliphatic heterocycles. The summed E-state index contributed by atoms with van der Waals surface area (Å²) in [7, 11) is 0. The van der Waals surface area contributed by atoms with E-state index in [1.165, 1.54) is 0 Å². The topological polar surface area (TPSA) is 61.5 Å². The number of carbonyl (C=O) groups excluding carboxylic acids is 1. The molecule has 0 fully saturated rings. The molecule has 0 spiro atoms. The van der Waals surface area contributed by atoms with E-state index < -0.39 is 6.29 Å². The van der Waals surface area contributed by atoms with Gasteiger partial charge >= 0.3 is 5.97 Å². The van der Waals surface area contributed by atoms with Crippen LogP contribution in [-0.4, -0.2) is 12.3 Å². The highest BCUT2D eigenvalue weighted by atomic mass is 35.5. The number of hydrogen-bond donors (Lipinski definition) is 1. The number of esters is 1. The highest BCUT2D eigenvalue weighted by Crippen LogP contribution is 2.35. The average molecular weight is 242 g/mol. The molecule has 86 valence electrons. The van der Waals surface area contributed by atoms with Crippen molar-refractivity contribution in [2.75, 3.05) is 5.73 Å². The number of carbonyl (C=O) groups is 1. The highest BCUT2D eigenvalue weighted by molar-refractivity contribution is 6.33. The summed E-state index contributed by atoms with van der Waals surface area (Å²) >= 11 is 5.86. The van der Waals surface area contributed by atoms with Gasteiger partial charge in [0.05, 0.1) is 17.1 Å². The van der Waals surface area contributed by atoms with Crippen molar-refractivity contribution in [3.8, 4) is 5.75 Å². The lowest BCUT2D eigenvalue weighted by Crippen LogP contribution is -2.21. The molecule has 0 radical (unpaired) electrons. The lowest BCUT2D eigenvalue weighted by atomic mass is 10.1. The van der Waals surface area contributed by atoms with Crippen molar-refractivity contribution in [1.29, 1.82) is 0 Å². The molecule has 1 aromatic rings. The Morgan fingerprint density at radius 3 is 3.12 bits per heavy atom. The van der Waals surface area contributed by atoms with E-state index in [0.717, 1.165) is 5.56 Å². The molecule has 0 amide bonds. The maximum Gasteiger partial charge on any atom is 0.308 e. The smallest absolute Gasteiger partial charge is 0.308 e. The SMILES string of the molecule is CCC(=O)OC1Cc2cc(N)c(Cl)cc2O1. The Morgan fingerprint density at radius 2 is 2.44 bits per heavy atom. The van der Waals surface area contributed by atoms with Crippen LogP contribution in [0.25, 0.3) is 0 Å². The van der Waals surface area contributed by atoms with Crippen LogP contribution in [0.4, 0.5) is 5.69 Å². The van der Waals surface area contributed by atoms with Crippen LogP contribution >= 0.6 is 11.6 Å². The summed E-state index contributed by atoms with van der Waals surface area (Å²) in [6.45, 7) is 1.74. The van der Waals surface area contributed by atoms with Gasteiger partial charge in [0.25, 0.3) is 0 Å². The van der Waals surface area contributed by atoms with Gasteiger partial charge in [0, 0.05) is 18.1 Å². The Hall–Kier alpha value is -1.42. The molecule has 1 atom stereocenters. The second-order valence-corrected chi connectivity index (χ2v) is 3.98. The molecule has 0 aliphatic carbocycles. The van der Waals surface area contributed by atoms with E-state index in [9.17, 15) is 4.79 Å². The molecule has 0 saturated carbocycles. The van der Waals surface area contributed by atoms with Gasteiger partial charge in [-0.3, -0.25) is 4.79 Å². The first-order valence-corrected chi connectivity index (χ1v) is 5.42. The van der Waals surface area contributed by atoms with E-state index in [-0.39, 0.29) is 5.97 Å². The zero-order valence-corrected chi connectivity index (χ0v) is 9.58. The third-order valence-electron chi connectivity index (χ3n) is 2.38. The van der Waals surface area contributed by atoms with Gasteiger partial charge in [-0.15, -0.1) is 0 Å². The van der Waals surface area contributed by atoms with Gasteiger partial charge in [-0.05, 0) is 6.07 Å². The van der Waals surface area contributed by atoms with Crippen LogP contribution in [0.2, 0.25) is 5.02 Å². The summed E-state index contributed by atoms with van der Waals surface area (Å²) in [6, 6.07) is 3.39. The van der Waals surface area contributed by atoms with Gasteiger partial charge in [-0.2, -0.15) is 0 Å². The summed E-state index contributed by atoms with van der Waals surface area (Å²) < 4.78 is 10.5. The van der Waals surface area contributed by atoms with Crippen LogP contribution in [0.5, 0.6) is 5.75 Å². The standard InChI is InChI=1S/C11H12ClNO3/c1-2-10(14)16-11-4-6-3-8(13)7(12)5-9(6)15-11/h3,5,11H,2,4,13H2,1H3. The minimum absolute atomic E-state index is 0.281. The number of ether oxygens (including phenoxy) is 2. The molecular formula is C11H12ClNO3. The zero-order chi connectivity index (χ0) is 11.7. The fourth-order valence-corrected chi connectivity index (χ4v) is 1.70. The number of hydrogen-bond acceptors (Lipinski definition) is 4. The molecule has 1 aliphatic rings. The molecule has 0 saturated heterocycles. The van der Waals surface area contributed by atoms with Crippen LogP contribution in [0, 0.1) is 0 Å². The molecular weight excluding hydrogens is 230 g/mol. The van der Waals surface area contributed by atoms with Crippen LogP contribution in [0.3, 0.4) is 0 Å². The van der Waals surface area contributed by atoms with Gasteiger partial charge in [0.1, 0.15) is 5.75 Å². The van der Waals surface area contributed by atoms with E-state index in [2.05, 4.69) is 0 Å². The number of halogens is 1. The second-order valence-electron chi connectivity index (χ2n) is 3.58. The van der Waals surface area contributed by atoms with Crippen molar-refractivity contribution in [2.45, 2.75) is 26.1 Å². The number of rotatable bonds is 2. The normalized spacial score (nSPS) is 17.8. The summed E-state index contributed by atoms with van der Waals surface area (Å²) in [6.07, 6.45) is 0.293. The first-order chi connectivity index (χ1) is 7.60. The number of nitrogens with two attached hydrogens (primary N) is 1. The third-order valence-corrected chi connectivity index (χ3v) is 2.70.